The summed E-state index contributed by atoms with van der Waals surface area (Å²) in [4.78, 5) is 7.16. The third-order valence-electron chi connectivity index (χ3n) is 3.54. The average molecular weight is 287 g/mol. The van der Waals surface area contributed by atoms with E-state index in [1.807, 2.05) is 20.0 Å². The van der Waals surface area contributed by atoms with Crippen LogP contribution in [-0.2, 0) is 11.3 Å². The smallest absolute Gasteiger partial charge is 0.133 e. The molecule has 1 N–H and O–H groups in total. The van der Waals surface area contributed by atoms with Crippen LogP contribution in [0.15, 0.2) is 30.3 Å². The van der Waals surface area contributed by atoms with Crippen LogP contribution in [0.4, 0.5) is 5.82 Å². The number of hydrogen-bond donors (Lipinski definition) is 1. The molecule has 0 fully saturated rings. The summed E-state index contributed by atoms with van der Waals surface area (Å²) in [7, 11) is 1.97. The van der Waals surface area contributed by atoms with Crippen LogP contribution in [0.25, 0.3) is 10.9 Å². The Morgan fingerprint density at radius 1 is 1.24 bits per heavy atom. The van der Waals surface area contributed by atoms with Crippen molar-refractivity contribution in [2.45, 2.75) is 20.4 Å². The van der Waals surface area contributed by atoms with Gasteiger partial charge in [0, 0.05) is 37.2 Å². The molecule has 0 amide bonds. The summed E-state index contributed by atoms with van der Waals surface area (Å²) in [6.07, 6.45) is 0. The van der Waals surface area contributed by atoms with Crippen molar-refractivity contribution in [3.63, 3.8) is 0 Å². The van der Waals surface area contributed by atoms with Gasteiger partial charge in [-0.1, -0.05) is 18.2 Å². The molecule has 0 aliphatic rings. The summed E-state index contributed by atoms with van der Waals surface area (Å²) in [5.41, 5.74) is 2.27. The number of benzene rings is 1. The van der Waals surface area contributed by atoms with E-state index in [0.29, 0.717) is 0 Å². The van der Waals surface area contributed by atoms with E-state index in [9.17, 15) is 0 Å². The molecule has 1 aromatic carbocycles. The highest BCUT2D eigenvalue weighted by atomic mass is 16.5. The van der Waals surface area contributed by atoms with Gasteiger partial charge < -0.3 is 15.0 Å². The Labute approximate surface area is 127 Å². The van der Waals surface area contributed by atoms with Crippen LogP contribution in [0.1, 0.15) is 19.4 Å². The Kier molecular flexibility index (Phi) is 5.96. The lowest BCUT2D eigenvalue weighted by Gasteiger charge is -2.25. The number of hydrogen-bond acceptors (Lipinski definition) is 4. The first kappa shape index (κ1) is 15.7. The average Bonchev–Trinajstić information content (AvgIpc) is 2.52. The van der Waals surface area contributed by atoms with E-state index in [1.54, 1.807) is 0 Å². The van der Waals surface area contributed by atoms with Gasteiger partial charge in [0.1, 0.15) is 5.82 Å². The molecular weight excluding hydrogens is 262 g/mol. The van der Waals surface area contributed by atoms with Gasteiger partial charge in [-0.05, 0) is 33.0 Å². The fourth-order valence-corrected chi connectivity index (χ4v) is 2.48. The number of pyridine rings is 1. The number of ether oxygens (including phenoxy) is 1. The van der Waals surface area contributed by atoms with Crippen molar-refractivity contribution in [1.82, 2.24) is 10.3 Å². The highest BCUT2D eigenvalue weighted by Gasteiger charge is 2.12. The highest BCUT2D eigenvalue weighted by Crippen LogP contribution is 2.23. The summed E-state index contributed by atoms with van der Waals surface area (Å²) in [5.74, 6) is 1.06. The fourth-order valence-electron chi connectivity index (χ4n) is 2.48. The molecule has 2 rings (SSSR count). The Morgan fingerprint density at radius 3 is 2.76 bits per heavy atom. The minimum absolute atomic E-state index is 0.734. The van der Waals surface area contributed by atoms with Crippen LogP contribution >= 0.6 is 0 Å². The summed E-state index contributed by atoms with van der Waals surface area (Å²) in [6, 6.07) is 10.5. The molecule has 1 aromatic heterocycles. The van der Waals surface area contributed by atoms with E-state index in [0.717, 1.165) is 44.2 Å². The minimum atomic E-state index is 0.734. The van der Waals surface area contributed by atoms with Crippen molar-refractivity contribution in [3.05, 3.63) is 35.9 Å². The van der Waals surface area contributed by atoms with Crippen LogP contribution in [0.2, 0.25) is 0 Å². The zero-order valence-corrected chi connectivity index (χ0v) is 13.2. The molecule has 1 heterocycles. The second-order valence-electron chi connectivity index (χ2n) is 4.97. The topological polar surface area (TPSA) is 37.4 Å². The largest absolute Gasteiger partial charge is 0.380 e. The molecule has 2 aromatic rings. The van der Waals surface area contributed by atoms with E-state index in [-0.39, 0.29) is 0 Å². The van der Waals surface area contributed by atoms with Gasteiger partial charge in [-0.3, -0.25) is 0 Å². The van der Waals surface area contributed by atoms with E-state index in [4.69, 9.17) is 9.72 Å². The third-order valence-corrected chi connectivity index (χ3v) is 3.54. The molecule has 0 spiro atoms. The van der Waals surface area contributed by atoms with Crippen LogP contribution in [0.3, 0.4) is 0 Å². The van der Waals surface area contributed by atoms with Gasteiger partial charge in [-0.2, -0.15) is 0 Å². The molecule has 4 nitrogen and oxygen atoms in total. The first-order valence-corrected chi connectivity index (χ1v) is 7.66. The molecule has 0 saturated carbocycles. The number of nitrogens with one attached hydrogen (secondary N) is 1. The van der Waals surface area contributed by atoms with Crippen molar-refractivity contribution < 1.29 is 4.74 Å². The van der Waals surface area contributed by atoms with Crippen molar-refractivity contribution in [2.24, 2.45) is 0 Å². The normalized spacial score (nSPS) is 11.0. The number of para-hydroxylation sites is 1. The first-order valence-electron chi connectivity index (χ1n) is 7.66. The van der Waals surface area contributed by atoms with E-state index >= 15 is 0 Å². The van der Waals surface area contributed by atoms with Crippen molar-refractivity contribution in [3.8, 4) is 0 Å². The van der Waals surface area contributed by atoms with Crippen molar-refractivity contribution >= 4 is 16.7 Å². The second kappa shape index (κ2) is 7.96. The Morgan fingerprint density at radius 2 is 2.05 bits per heavy atom. The van der Waals surface area contributed by atoms with Gasteiger partial charge in [0.05, 0.1) is 12.1 Å². The quantitative estimate of drug-likeness (QED) is 0.758. The molecule has 0 aliphatic carbocycles. The first-order chi connectivity index (χ1) is 10.3. The number of likely N-dealkylation sites (N-methyl/N-ethyl adjacent to an activating group) is 1. The SMILES string of the molecule is CCOCCN(CC)c1nc2ccccc2cc1CNC. The molecule has 0 radical (unpaired) electrons. The molecule has 0 atom stereocenters. The molecule has 114 valence electrons. The fraction of sp³-hybridized carbons (Fsp3) is 0.471. The number of nitrogens with zero attached hydrogens (tertiary/aromatic N) is 2. The summed E-state index contributed by atoms with van der Waals surface area (Å²) < 4.78 is 5.49. The molecule has 0 unspecified atom stereocenters. The maximum Gasteiger partial charge on any atom is 0.133 e. The maximum atomic E-state index is 5.49. The summed E-state index contributed by atoms with van der Waals surface area (Å²) in [6.45, 7) is 8.28. The number of anilines is 1. The number of rotatable bonds is 8. The van der Waals surface area contributed by atoms with Crippen LogP contribution in [0.5, 0.6) is 0 Å². The molecule has 0 saturated heterocycles. The lowest BCUT2D eigenvalue weighted by Crippen LogP contribution is -2.29. The van der Waals surface area contributed by atoms with E-state index in [1.165, 1.54) is 10.9 Å². The molecule has 21 heavy (non-hydrogen) atoms. The van der Waals surface area contributed by atoms with E-state index < -0.39 is 0 Å². The summed E-state index contributed by atoms with van der Waals surface area (Å²) >= 11 is 0. The van der Waals surface area contributed by atoms with Gasteiger partial charge in [0.25, 0.3) is 0 Å². The zero-order chi connectivity index (χ0) is 15.1. The van der Waals surface area contributed by atoms with Gasteiger partial charge in [0.15, 0.2) is 0 Å². The monoisotopic (exact) mass is 287 g/mol. The van der Waals surface area contributed by atoms with Crippen LogP contribution in [-0.4, -0.2) is 38.3 Å². The minimum Gasteiger partial charge on any atom is -0.380 e. The predicted octanol–water partition coefficient (Wildman–Crippen LogP) is 2.82. The second-order valence-corrected chi connectivity index (χ2v) is 4.97. The van der Waals surface area contributed by atoms with Crippen LogP contribution < -0.4 is 10.2 Å². The third kappa shape index (κ3) is 3.93. The van der Waals surface area contributed by atoms with Crippen molar-refractivity contribution in [2.75, 3.05) is 38.3 Å². The van der Waals surface area contributed by atoms with Gasteiger partial charge >= 0.3 is 0 Å². The lowest BCUT2D eigenvalue weighted by atomic mass is 10.1. The van der Waals surface area contributed by atoms with Gasteiger partial charge in [-0.15, -0.1) is 0 Å². The zero-order valence-electron chi connectivity index (χ0n) is 13.2. The highest BCUT2D eigenvalue weighted by molar-refractivity contribution is 5.81. The number of fused-ring (bicyclic) bond motifs is 1. The number of aromatic nitrogens is 1. The molecule has 0 bridgehead atoms. The standard InChI is InChI=1S/C17H25N3O/c1-4-20(10-11-21-5-2)17-15(13-18-3)12-14-8-6-7-9-16(14)19-17/h6-9,12,18H,4-5,10-11,13H2,1-3H3. The Hall–Kier alpha value is -1.65. The molecule has 0 aliphatic heterocycles. The molecule has 4 heteroatoms. The van der Waals surface area contributed by atoms with E-state index in [2.05, 4.69) is 41.4 Å². The maximum absolute atomic E-state index is 5.49. The van der Waals surface area contributed by atoms with Gasteiger partial charge in [-0.25, -0.2) is 4.98 Å². The van der Waals surface area contributed by atoms with Crippen LogP contribution in [0, 0.1) is 0 Å². The predicted molar refractivity (Wildman–Crippen MR) is 88.9 cm³/mol. The summed E-state index contributed by atoms with van der Waals surface area (Å²) in [5, 5.41) is 4.42. The molecular formula is C17H25N3O. The van der Waals surface area contributed by atoms with Crippen molar-refractivity contribution in [1.29, 1.82) is 0 Å². The lowest BCUT2D eigenvalue weighted by molar-refractivity contribution is 0.154. The van der Waals surface area contributed by atoms with Gasteiger partial charge in [0.2, 0.25) is 0 Å². The Bertz CT molecular complexity index is 571. The Balaban J connectivity index is 2.35.